The number of amides is 2. The highest BCUT2D eigenvalue weighted by atomic mass is 35.5. The number of halogens is 1. The normalized spacial score (nSPS) is 24.8. The number of nitrogens with zero attached hydrogens (tertiary/aromatic N) is 2. The highest BCUT2D eigenvalue weighted by Gasteiger charge is 2.39. The number of hydrogen-bond acceptors (Lipinski definition) is 3. The van der Waals surface area contributed by atoms with Gasteiger partial charge >= 0.3 is 0 Å². The van der Waals surface area contributed by atoms with E-state index >= 15 is 0 Å². The molecule has 1 saturated heterocycles. The van der Waals surface area contributed by atoms with E-state index in [4.69, 9.17) is 5.73 Å². The second kappa shape index (κ2) is 9.94. The molecule has 3 fully saturated rings. The fourth-order valence-corrected chi connectivity index (χ4v) is 5.01. The summed E-state index contributed by atoms with van der Waals surface area (Å²) in [5, 5.41) is 0. The molecule has 2 amide bonds. The number of nitrogens with two attached hydrogens (primary N) is 1. The monoisotopic (exact) mass is 419 g/mol. The molecular weight excluding hydrogens is 386 g/mol. The number of hydrogen-bond donors (Lipinski definition) is 1. The Morgan fingerprint density at radius 1 is 1.00 bits per heavy atom. The standard InChI is InChI=1S/C23H33N3O2.ClH/c24-15-19-7-4-8-21(19)23(28)25-13-11-18(12-14-25)22(27)26(20-9-10-20)16-17-5-2-1-3-6-17;/h1-3,5-6,18-21H,4,7-16,24H2;1H/t19-,21-;/m1./s1. The van der Waals surface area contributed by atoms with Crippen LogP contribution in [0.25, 0.3) is 0 Å². The van der Waals surface area contributed by atoms with E-state index < -0.39 is 0 Å². The van der Waals surface area contributed by atoms with Crippen LogP contribution in [0.1, 0.15) is 50.5 Å². The Hall–Kier alpha value is -1.59. The number of benzene rings is 1. The van der Waals surface area contributed by atoms with Crippen molar-refractivity contribution in [3.05, 3.63) is 35.9 Å². The SMILES string of the molecule is Cl.NC[C@H]1CCC[C@H]1C(=O)N1CCC(C(=O)N(Cc2ccccc2)C2CC2)CC1. The van der Waals surface area contributed by atoms with Crippen molar-refractivity contribution < 1.29 is 9.59 Å². The Bertz CT molecular complexity index is 687. The van der Waals surface area contributed by atoms with Crippen LogP contribution in [0, 0.1) is 17.8 Å². The zero-order valence-corrected chi connectivity index (χ0v) is 18.0. The lowest BCUT2D eigenvalue weighted by Crippen LogP contribution is -2.47. The summed E-state index contributed by atoms with van der Waals surface area (Å²) in [6, 6.07) is 10.7. The highest BCUT2D eigenvalue weighted by molar-refractivity contribution is 5.85. The van der Waals surface area contributed by atoms with E-state index in [-0.39, 0.29) is 30.2 Å². The highest BCUT2D eigenvalue weighted by Crippen LogP contribution is 2.35. The van der Waals surface area contributed by atoms with Gasteiger partial charge in [-0.3, -0.25) is 9.59 Å². The van der Waals surface area contributed by atoms with Crippen LogP contribution in [-0.2, 0) is 16.1 Å². The molecular formula is C23H34ClN3O2. The van der Waals surface area contributed by atoms with Gasteiger partial charge in [-0.1, -0.05) is 36.8 Å². The average molecular weight is 420 g/mol. The maximum Gasteiger partial charge on any atom is 0.226 e. The average Bonchev–Trinajstić information content (AvgIpc) is 3.48. The first kappa shape index (κ1) is 22.1. The van der Waals surface area contributed by atoms with Crippen LogP contribution >= 0.6 is 12.4 Å². The van der Waals surface area contributed by atoms with Gasteiger partial charge in [0.1, 0.15) is 0 Å². The summed E-state index contributed by atoms with van der Waals surface area (Å²) in [7, 11) is 0. The Balaban J connectivity index is 0.00000240. The molecule has 1 heterocycles. The predicted molar refractivity (Wildman–Crippen MR) is 116 cm³/mol. The minimum Gasteiger partial charge on any atom is -0.342 e. The summed E-state index contributed by atoms with van der Waals surface area (Å²) in [6.07, 6.45) is 7.01. The first-order valence-electron chi connectivity index (χ1n) is 11.0. The van der Waals surface area contributed by atoms with Crippen LogP contribution in [0.15, 0.2) is 30.3 Å². The second-order valence-electron chi connectivity index (χ2n) is 8.82. The van der Waals surface area contributed by atoms with Crippen LogP contribution < -0.4 is 5.73 Å². The lowest BCUT2D eigenvalue weighted by molar-refractivity contribution is -0.143. The second-order valence-corrected chi connectivity index (χ2v) is 8.82. The van der Waals surface area contributed by atoms with E-state index in [0.717, 1.165) is 44.9 Å². The summed E-state index contributed by atoms with van der Waals surface area (Å²) >= 11 is 0. The largest absolute Gasteiger partial charge is 0.342 e. The van der Waals surface area contributed by atoms with Gasteiger partial charge in [0, 0.05) is 37.5 Å². The zero-order chi connectivity index (χ0) is 19.5. The van der Waals surface area contributed by atoms with Crippen molar-refractivity contribution in [1.82, 2.24) is 9.80 Å². The van der Waals surface area contributed by atoms with Crippen molar-refractivity contribution in [3.63, 3.8) is 0 Å². The molecule has 29 heavy (non-hydrogen) atoms. The Morgan fingerprint density at radius 3 is 2.31 bits per heavy atom. The molecule has 2 atom stereocenters. The van der Waals surface area contributed by atoms with Gasteiger partial charge in [-0.25, -0.2) is 0 Å². The molecule has 0 radical (unpaired) electrons. The fourth-order valence-electron chi connectivity index (χ4n) is 5.01. The lowest BCUT2D eigenvalue weighted by atomic mass is 9.91. The molecule has 0 unspecified atom stereocenters. The Kier molecular flexibility index (Phi) is 7.58. The van der Waals surface area contributed by atoms with Crippen LogP contribution in [0.3, 0.4) is 0 Å². The number of carbonyl (C=O) groups excluding carboxylic acids is 2. The van der Waals surface area contributed by atoms with E-state index in [1.807, 2.05) is 23.1 Å². The molecule has 4 rings (SSSR count). The van der Waals surface area contributed by atoms with Crippen molar-refractivity contribution in [2.45, 2.75) is 57.5 Å². The molecule has 3 aliphatic rings. The smallest absolute Gasteiger partial charge is 0.226 e. The predicted octanol–water partition coefficient (Wildman–Crippen LogP) is 3.21. The molecule has 1 aromatic carbocycles. The van der Waals surface area contributed by atoms with Gasteiger partial charge < -0.3 is 15.5 Å². The topological polar surface area (TPSA) is 66.6 Å². The van der Waals surface area contributed by atoms with E-state index in [1.165, 1.54) is 5.56 Å². The Labute approximate surface area is 180 Å². The van der Waals surface area contributed by atoms with Gasteiger partial charge in [0.25, 0.3) is 0 Å². The van der Waals surface area contributed by atoms with Gasteiger partial charge in [-0.15, -0.1) is 12.4 Å². The molecule has 6 heteroatoms. The van der Waals surface area contributed by atoms with Crippen molar-refractivity contribution in [3.8, 4) is 0 Å². The van der Waals surface area contributed by atoms with Crippen molar-refractivity contribution in [2.75, 3.05) is 19.6 Å². The third kappa shape index (κ3) is 5.13. The van der Waals surface area contributed by atoms with Crippen molar-refractivity contribution >= 4 is 24.2 Å². The number of rotatable bonds is 6. The molecule has 2 aliphatic carbocycles. The van der Waals surface area contributed by atoms with Gasteiger partial charge in [-0.05, 0) is 56.6 Å². The number of carbonyl (C=O) groups is 2. The molecule has 2 N–H and O–H groups in total. The summed E-state index contributed by atoms with van der Waals surface area (Å²) in [4.78, 5) is 30.2. The lowest BCUT2D eigenvalue weighted by Gasteiger charge is -2.36. The van der Waals surface area contributed by atoms with Crippen LogP contribution in [0.2, 0.25) is 0 Å². The summed E-state index contributed by atoms with van der Waals surface area (Å²) in [5.41, 5.74) is 7.06. The molecule has 2 saturated carbocycles. The molecule has 5 nitrogen and oxygen atoms in total. The molecule has 1 aliphatic heterocycles. The summed E-state index contributed by atoms with van der Waals surface area (Å²) in [6.45, 7) is 2.75. The van der Waals surface area contributed by atoms with Crippen LogP contribution in [0.5, 0.6) is 0 Å². The number of likely N-dealkylation sites (tertiary alicyclic amines) is 1. The fraction of sp³-hybridized carbons (Fsp3) is 0.652. The zero-order valence-electron chi connectivity index (χ0n) is 17.2. The van der Waals surface area contributed by atoms with Crippen molar-refractivity contribution in [1.29, 1.82) is 0 Å². The maximum absolute atomic E-state index is 13.2. The van der Waals surface area contributed by atoms with E-state index in [1.54, 1.807) is 0 Å². The van der Waals surface area contributed by atoms with E-state index in [2.05, 4.69) is 17.0 Å². The first-order chi connectivity index (χ1) is 13.7. The van der Waals surface area contributed by atoms with Gasteiger partial charge in [0.05, 0.1) is 0 Å². The third-order valence-electron chi connectivity index (χ3n) is 6.90. The van der Waals surface area contributed by atoms with Gasteiger partial charge in [0.15, 0.2) is 0 Å². The van der Waals surface area contributed by atoms with Crippen LogP contribution in [-0.4, -0.2) is 47.3 Å². The summed E-state index contributed by atoms with van der Waals surface area (Å²) < 4.78 is 0. The van der Waals surface area contributed by atoms with Crippen molar-refractivity contribution in [2.24, 2.45) is 23.5 Å². The third-order valence-corrected chi connectivity index (χ3v) is 6.90. The number of piperidine rings is 1. The maximum atomic E-state index is 13.2. The molecule has 160 valence electrons. The van der Waals surface area contributed by atoms with Gasteiger partial charge in [0.2, 0.25) is 11.8 Å². The molecule has 0 spiro atoms. The first-order valence-corrected chi connectivity index (χ1v) is 11.0. The summed E-state index contributed by atoms with van der Waals surface area (Å²) in [5.74, 6) is 1.09. The van der Waals surface area contributed by atoms with E-state index in [9.17, 15) is 9.59 Å². The van der Waals surface area contributed by atoms with Crippen LogP contribution in [0.4, 0.5) is 0 Å². The Morgan fingerprint density at radius 2 is 1.69 bits per heavy atom. The quantitative estimate of drug-likeness (QED) is 0.769. The molecule has 0 bridgehead atoms. The van der Waals surface area contributed by atoms with Gasteiger partial charge in [-0.2, -0.15) is 0 Å². The minimum atomic E-state index is 0. The minimum absolute atomic E-state index is 0. The van der Waals surface area contributed by atoms with E-state index in [0.29, 0.717) is 44.0 Å². The molecule has 0 aromatic heterocycles. The molecule has 1 aromatic rings.